The predicted octanol–water partition coefficient (Wildman–Crippen LogP) is 3.42. The van der Waals surface area contributed by atoms with Gasteiger partial charge in [0.2, 0.25) is 16.2 Å². The van der Waals surface area contributed by atoms with Crippen LogP contribution >= 0.6 is 11.3 Å². The second kappa shape index (κ2) is 9.18. The van der Waals surface area contributed by atoms with Crippen molar-refractivity contribution in [3.05, 3.63) is 54.6 Å². The van der Waals surface area contributed by atoms with E-state index in [9.17, 15) is 4.79 Å². The van der Waals surface area contributed by atoms with Crippen molar-refractivity contribution in [1.29, 1.82) is 0 Å². The van der Waals surface area contributed by atoms with Crippen LogP contribution < -0.4 is 4.90 Å². The molecule has 5 heterocycles. The third kappa shape index (κ3) is 4.63. The molecule has 3 aromatic rings. The van der Waals surface area contributed by atoms with Gasteiger partial charge in [0.25, 0.3) is 0 Å². The summed E-state index contributed by atoms with van der Waals surface area (Å²) >= 11 is 1.60. The molecule has 0 spiro atoms. The van der Waals surface area contributed by atoms with Crippen LogP contribution in [0.1, 0.15) is 31.2 Å². The minimum absolute atomic E-state index is 0.142. The van der Waals surface area contributed by atoms with Crippen molar-refractivity contribution in [2.24, 2.45) is 11.8 Å². The topological polar surface area (TPSA) is 67.2 Å². The van der Waals surface area contributed by atoms with Crippen molar-refractivity contribution >= 4 is 22.4 Å². The first-order valence-electron chi connectivity index (χ1n) is 11.2. The van der Waals surface area contributed by atoms with Crippen LogP contribution in [0, 0.1) is 11.8 Å². The predicted molar refractivity (Wildman–Crippen MR) is 121 cm³/mol. The Morgan fingerprint density at radius 3 is 2.42 bits per heavy atom. The van der Waals surface area contributed by atoms with E-state index in [2.05, 4.69) is 31.0 Å². The maximum absolute atomic E-state index is 13.1. The van der Waals surface area contributed by atoms with E-state index >= 15 is 0 Å². The lowest BCUT2D eigenvalue weighted by Crippen LogP contribution is -2.45. The first kappa shape index (κ1) is 20.2. The molecule has 162 valence electrons. The molecule has 2 saturated heterocycles. The Labute approximate surface area is 186 Å². The van der Waals surface area contributed by atoms with Crippen LogP contribution in [0.2, 0.25) is 0 Å². The molecule has 2 aliphatic heterocycles. The first-order valence-corrected chi connectivity index (χ1v) is 12.0. The van der Waals surface area contributed by atoms with Crippen LogP contribution in [0.4, 0.5) is 5.13 Å². The number of nitrogens with zero attached hydrogens (tertiary/aromatic N) is 6. The van der Waals surface area contributed by atoms with Crippen molar-refractivity contribution < 1.29 is 4.79 Å². The zero-order valence-corrected chi connectivity index (χ0v) is 18.5. The molecule has 2 fully saturated rings. The normalized spacial score (nSPS) is 18.5. The second-order valence-corrected chi connectivity index (χ2v) is 9.49. The third-order valence-corrected chi connectivity index (χ3v) is 7.51. The molecule has 0 aliphatic carbocycles. The monoisotopic (exact) mass is 436 g/mol. The van der Waals surface area contributed by atoms with E-state index in [0.29, 0.717) is 11.8 Å². The number of pyridine rings is 1. The van der Waals surface area contributed by atoms with Crippen LogP contribution in [0.15, 0.2) is 49.1 Å². The molecular weight excluding hydrogens is 408 g/mol. The first-order chi connectivity index (χ1) is 15.3. The Hall–Kier alpha value is -2.74. The summed E-state index contributed by atoms with van der Waals surface area (Å²) in [6.07, 6.45) is 12.8. The van der Waals surface area contributed by atoms with Crippen molar-refractivity contribution in [2.45, 2.75) is 32.1 Å². The van der Waals surface area contributed by atoms with Gasteiger partial charge < -0.3 is 9.80 Å². The standard InChI is InChI=1S/C23H28N6OS/c30-21(27-12-5-18(6-13-27)16-19-4-3-9-24-17-19)20-7-14-29(15-8-20)23-26-25-22(31-23)28-10-1-2-11-28/h1-4,9-11,17-18,20H,5-8,12-16H2. The van der Waals surface area contributed by atoms with E-state index in [1.807, 2.05) is 47.6 Å². The Bertz CT molecular complexity index is 973. The van der Waals surface area contributed by atoms with Gasteiger partial charge in [-0.05, 0) is 61.8 Å². The Morgan fingerprint density at radius 2 is 1.71 bits per heavy atom. The van der Waals surface area contributed by atoms with E-state index in [4.69, 9.17) is 0 Å². The average molecular weight is 437 g/mol. The highest BCUT2D eigenvalue weighted by Crippen LogP contribution is 2.30. The highest BCUT2D eigenvalue weighted by molar-refractivity contribution is 7.17. The maximum atomic E-state index is 13.1. The highest BCUT2D eigenvalue weighted by Gasteiger charge is 2.31. The number of anilines is 1. The smallest absolute Gasteiger partial charge is 0.225 e. The summed E-state index contributed by atoms with van der Waals surface area (Å²) in [7, 11) is 0. The molecule has 0 unspecified atom stereocenters. The number of carbonyl (C=O) groups is 1. The fourth-order valence-electron chi connectivity index (χ4n) is 4.69. The summed E-state index contributed by atoms with van der Waals surface area (Å²) in [5, 5.41) is 10.5. The molecular formula is C23H28N6OS. The molecule has 8 heteroatoms. The van der Waals surface area contributed by atoms with Crippen molar-refractivity contribution in [2.75, 3.05) is 31.1 Å². The summed E-state index contributed by atoms with van der Waals surface area (Å²) in [4.78, 5) is 21.7. The summed E-state index contributed by atoms with van der Waals surface area (Å²) < 4.78 is 1.98. The van der Waals surface area contributed by atoms with E-state index in [-0.39, 0.29) is 5.92 Å². The van der Waals surface area contributed by atoms with Gasteiger partial charge in [-0.15, -0.1) is 10.2 Å². The molecule has 2 aliphatic rings. The number of amides is 1. The average Bonchev–Trinajstić information content (AvgIpc) is 3.52. The Balaban J connectivity index is 1.10. The van der Waals surface area contributed by atoms with Gasteiger partial charge in [-0.3, -0.25) is 14.3 Å². The van der Waals surface area contributed by atoms with Gasteiger partial charge in [0.15, 0.2) is 0 Å². The number of hydrogen-bond donors (Lipinski definition) is 0. The molecule has 0 N–H and O–H groups in total. The number of rotatable bonds is 5. The maximum Gasteiger partial charge on any atom is 0.225 e. The van der Waals surface area contributed by atoms with Crippen LogP contribution in [0.3, 0.4) is 0 Å². The summed E-state index contributed by atoms with van der Waals surface area (Å²) in [6, 6.07) is 8.13. The zero-order chi connectivity index (χ0) is 21.0. The zero-order valence-electron chi connectivity index (χ0n) is 17.6. The van der Waals surface area contributed by atoms with Crippen molar-refractivity contribution in [3.63, 3.8) is 0 Å². The molecule has 31 heavy (non-hydrogen) atoms. The lowest BCUT2D eigenvalue weighted by atomic mass is 9.89. The fraction of sp³-hybridized carbons (Fsp3) is 0.478. The lowest BCUT2D eigenvalue weighted by Gasteiger charge is -2.37. The summed E-state index contributed by atoms with van der Waals surface area (Å²) in [5.41, 5.74) is 1.30. The van der Waals surface area contributed by atoms with Gasteiger partial charge in [0.05, 0.1) is 0 Å². The quantitative estimate of drug-likeness (QED) is 0.613. The van der Waals surface area contributed by atoms with Crippen LogP contribution in [0.5, 0.6) is 0 Å². The molecule has 7 nitrogen and oxygen atoms in total. The molecule has 0 bridgehead atoms. The Morgan fingerprint density at radius 1 is 0.968 bits per heavy atom. The van der Waals surface area contributed by atoms with Crippen LogP contribution in [-0.4, -0.2) is 56.7 Å². The lowest BCUT2D eigenvalue weighted by molar-refractivity contribution is -0.137. The number of hydrogen-bond acceptors (Lipinski definition) is 6. The van der Waals surface area contributed by atoms with E-state index in [1.165, 1.54) is 5.56 Å². The van der Waals surface area contributed by atoms with E-state index in [1.54, 1.807) is 11.3 Å². The van der Waals surface area contributed by atoms with Gasteiger partial charge in [-0.25, -0.2) is 0 Å². The van der Waals surface area contributed by atoms with Crippen LogP contribution in [-0.2, 0) is 11.2 Å². The fourth-order valence-corrected chi connectivity index (χ4v) is 5.55. The molecule has 1 amide bonds. The van der Waals surface area contributed by atoms with Gasteiger partial charge in [0.1, 0.15) is 0 Å². The number of aromatic nitrogens is 4. The SMILES string of the molecule is O=C(C1CCN(c2nnc(-n3cccc3)s2)CC1)N1CCC(Cc2cccnc2)CC1. The van der Waals surface area contributed by atoms with Crippen LogP contribution in [0.25, 0.3) is 5.13 Å². The highest BCUT2D eigenvalue weighted by atomic mass is 32.1. The van der Waals surface area contributed by atoms with E-state index < -0.39 is 0 Å². The number of piperidine rings is 2. The third-order valence-electron chi connectivity index (χ3n) is 6.52. The molecule has 0 saturated carbocycles. The summed E-state index contributed by atoms with van der Waals surface area (Å²) in [6.45, 7) is 3.52. The molecule has 0 aromatic carbocycles. The van der Waals surface area contributed by atoms with Gasteiger partial charge in [-0.1, -0.05) is 17.4 Å². The minimum atomic E-state index is 0.142. The van der Waals surface area contributed by atoms with Gasteiger partial charge >= 0.3 is 0 Å². The van der Waals surface area contributed by atoms with Crippen molar-refractivity contribution in [1.82, 2.24) is 24.6 Å². The van der Waals surface area contributed by atoms with Gasteiger partial charge in [-0.2, -0.15) is 0 Å². The number of likely N-dealkylation sites (tertiary alicyclic amines) is 1. The minimum Gasteiger partial charge on any atom is -0.347 e. The van der Waals surface area contributed by atoms with Crippen molar-refractivity contribution in [3.8, 4) is 5.13 Å². The second-order valence-electron chi connectivity index (χ2n) is 8.55. The molecule has 3 aromatic heterocycles. The largest absolute Gasteiger partial charge is 0.347 e. The molecule has 5 rings (SSSR count). The van der Waals surface area contributed by atoms with E-state index in [0.717, 1.165) is 68.5 Å². The molecule has 0 radical (unpaired) electrons. The van der Waals surface area contributed by atoms with Gasteiger partial charge in [0, 0.05) is 56.9 Å². The number of carbonyl (C=O) groups excluding carboxylic acids is 1. The molecule has 0 atom stereocenters. The Kier molecular flexibility index (Phi) is 5.97. The summed E-state index contributed by atoms with van der Waals surface area (Å²) in [5.74, 6) is 1.15.